The Kier molecular flexibility index (Phi) is 14.5. The number of hydrogen-bond donors (Lipinski definition) is 8. The Hall–Kier alpha value is -1.91. The zero-order valence-electron chi connectivity index (χ0n) is 26.5. The van der Waals surface area contributed by atoms with E-state index in [0.717, 1.165) is 37.7 Å². The van der Waals surface area contributed by atoms with Crippen molar-refractivity contribution in [2.24, 2.45) is 35.3 Å². The van der Waals surface area contributed by atoms with Gasteiger partial charge in [-0.05, 0) is 81.9 Å². The molecule has 0 spiro atoms. The molecule has 3 aliphatic rings. The zero-order chi connectivity index (χ0) is 31.4. The summed E-state index contributed by atoms with van der Waals surface area (Å²) in [6.07, 6.45) is 16.9. The molecule has 9 heteroatoms. The summed E-state index contributed by atoms with van der Waals surface area (Å²) in [7, 11) is 1.76. The molecule has 9 N–H and O–H groups in total. The molecule has 1 fully saturated rings. The SMILES string of the molecule is CCCCC[C@@H]1C=C[C@@H](CCCCC[C@H](C(=O)O)[C@H](O)C[C@@H](CNC)[C@]2(O)C[C@H](CC3=CCNC(N)=C3)C[C@H]2O)[C@H](O)C1. The number of dihydropyridines is 1. The lowest BCUT2D eigenvalue weighted by Gasteiger charge is -2.37. The second kappa shape index (κ2) is 17.5. The first-order valence-corrected chi connectivity index (χ1v) is 16.8. The summed E-state index contributed by atoms with van der Waals surface area (Å²) in [5.41, 5.74) is 5.57. The fourth-order valence-corrected chi connectivity index (χ4v) is 7.60. The van der Waals surface area contributed by atoms with Crippen LogP contribution in [0.2, 0.25) is 0 Å². The summed E-state index contributed by atoms with van der Waals surface area (Å²) < 4.78 is 0. The minimum atomic E-state index is -1.41. The number of aliphatic hydroxyl groups is 4. The smallest absolute Gasteiger partial charge is 0.309 e. The minimum Gasteiger partial charge on any atom is -0.481 e. The summed E-state index contributed by atoms with van der Waals surface area (Å²) in [6, 6.07) is 0. The van der Waals surface area contributed by atoms with E-state index in [-0.39, 0.29) is 24.4 Å². The fourth-order valence-electron chi connectivity index (χ4n) is 7.60. The Bertz CT molecular complexity index is 954. The molecule has 246 valence electrons. The molecule has 0 saturated heterocycles. The van der Waals surface area contributed by atoms with Crippen molar-refractivity contribution in [1.29, 1.82) is 0 Å². The van der Waals surface area contributed by atoms with Crippen molar-refractivity contribution < 1.29 is 30.3 Å². The van der Waals surface area contributed by atoms with E-state index in [1.54, 1.807) is 7.05 Å². The molecule has 0 unspecified atom stereocenters. The number of nitrogens with two attached hydrogens (primary N) is 1. The van der Waals surface area contributed by atoms with E-state index < -0.39 is 35.6 Å². The van der Waals surface area contributed by atoms with Gasteiger partial charge in [0, 0.05) is 24.9 Å². The van der Waals surface area contributed by atoms with Gasteiger partial charge in [0.25, 0.3) is 0 Å². The van der Waals surface area contributed by atoms with Gasteiger partial charge < -0.3 is 41.9 Å². The van der Waals surface area contributed by atoms with Crippen molar-refractivity contribution in [1.82, 2.24) is 10.6 Å². The predicted molar refractivity (Wildman–Crippen MR) is 170 cm³/mol. The molecule has 9 nitrogen and oxygen atoms in total. The Labute approximate surface area is 258 Å². The summed E-state index contributed by atoms with van der Waals surface area (Å²) in [5, 5.41) is 60.5. The van der Waals surface area contributed by atoms with Gasteiger partial charge in [-0.25, -0.2) is 0 Å². The molecule has 1 aliphatic heterocycles. The second-order valence-corrected chi connectivity index (χ2v) is 13.5. The molecule has 9 atom stereocenters. The summed E-state index contributed by atoms with van der Waals surface area (Å²) in [4.78, 5) is 12.2. The van der Waals surface area contributed by atoms with Gasteiger partial charge in [0.2, 0.25) is 0 Å². The molecule has 1 saturated carbocycles. The van der Waals surface area contributed by atoms with E-state index >= 15 is 0 Å². The molecule has 0 amide bonds. The van der Waals surface area contributed by atoms with Crippen molar-refractivity contribution in [2.75, 3.05) is 20.1 Å². The highest BCUT2D eigenvalue weighted by Crippen LogP contribution is 2.44. The second-order valence-electron chi connectivity index (χ2n) is 13.5. The van der Waals surface area contributed by atoms with E-state index in [0.29, 0.717) is 56.9 Å². The first kappa shape index (κ1) is 35.6. The number of unbranched alkanes of at least 4 members (excludes halogenated alkanes) is 4. The molecule has 0 aromatic carbocycles. The van der Waals surface area contributed by atoms with E-state index in [1.807, 2.05) is 6.08 Å². The van der Waals surface area contributed by atoms with Crippen molar-refractivity contribution in [3.05, 3.63) is 35.7 Å². The topological polar surface area (TPSA) is 168 Å². The number of aliphatic hydroxyl groups excluding tert-OH is 3. The Morgan fingerprint density at radius 1 is 1.14 bits per heavy atom. The van der Waals surface area contributed by atoms with Gasteiger partial charge in [-0.1, -0.05) is 63.7 Å². The molecule has 0 radical (unpaired) electrons. The van der Waals surface area contributed by atoms with Crippen LogP contribution >= 0.6 is 0 Å². The maximum atomic E-state index is 12.2. The van der Waals surface area contributed by atoms with Crippen LogP contribution in [-0.2, 0) is 4.79 Å². The van der Waals surface area contributed by atoms with Crippen LogP contribution in [-0.4, -0.2) is 75.6 Å². The number of aliphatic carboxylic acids is 1. The molecule has 0 aromatic heterocycles. The number of carbonyl (C=O) groups is 1. The lowest BCUT2D eigenvalue weighted by Crippen LogP contribution is -2.50. The average molecular weight is 606 g/mol. The van der Waals surface area contributed by atoms with Gasteiger partial charge in [-0.15, -0.1) is 0 Å². The first-order chi connectivity index (χ1) is 20.6. The highest BCUT2D eigenvalue weighted by Gasteiger charge is 2.51. The molecule has 1 heterocycles. The van der Waals surface area contributed by atoms with Gasteiger partial charge in [-0.3, -0.25) is 4.79 Å². The fraction of sp³-hybridized carbons (Fsp3) is 0.794. The highest BCUT2D eigenvalue weighted by molar-refractivity contribution is 5.70. The third kappa shape index (κ3) is 10.6. The Morgan fingerprint density at radius 3 is 2.58 bits per heavy atom. The third-order valence-corrected chi connectivity index (χ3v) is 10.2. The number of rotatable bonds is 19. The molecule has 0 aromatic rings. The quantitative estimate of drug-likeness (QED) is 0.0810. The number of carboxylic acid groups (broad SMARTS) is 1. The van der Waals surface area contributed by atoms with E-state index in [1.165, 1.54) is 19.3 Å². The van der Waals surface area contributed by atoms with Crippen LogP contribution in [0.25, 0.3) is 0 Å². The number of allylic oxidation sites excluding steroid dienone is 3. The van der Waals surface area contributed by atoms with Crippen LogP contribution < -0.4 is 16.4 Å². The maximum Gasteiger partial charge on any atom is 0.309 e. The highest BCUT2D eigenvalue weighted by atomic mass is 16.4. The van der Waals surface area contributed by atoms with Gasteiger partial charge in [0.1, 0.15) is 0 Å². The van der Waals surface area contributed by atoms with E-state index in [2.05, 4.69) is 35.8 Å². The van der Waals surface area contributed by atoms with Gasteiger partial charge in [-0.2, -0.15) is 0 Å². The molecule has 3 rings (SSSR count). The number of carboxylic acids is 1. The molecule has 2 aliphatic carbocycles. The molecular weight excluding hydrogens is 546 g/mol. The number of nitrogens with one attached hydrogen (secondary N) is 2. The zero-order valence-corrected chi connectivity index (χ0v) is 26.5. The first-order valence-electron chi connectivity index (χ1n) is 16.8. The van der Waals surface area contributed by atoms with Crippen LogP contribution in [0.5, 0.6) is 0 Å². The van der Waals surface area contributed by atoms with Gasteiger partial charge >= 0.3 is 5.97 Å². The van der Waals surface area contributed by atoms with Crippen LogP contribution in [0.4, 0.5) is 0 Å². The molecular formula is C34H59N3O6. The summed E-state index contributed by atoms with van der Waals surface area (Å²) >= 11 is 0. The van der Waals surface area contributed by atoms with Crippen LogP contribution in [0, 0.1) is 29.6 Å². The maximum absolute atomic E-state index is 12.2. The van der Waals surface area contributed by atoms with E-state index in [9.17, 15) is 30.3 Å². The minimum absolute atomic E-state index is 0.0599. The lowest BCUT2D eigenvalue weighted by atomic mass is 9.77. The van der Waals surface area contributed by atoms with Crippen molar-refractivity contribution in [2.45, 2.75) is 121 Å². The largest absolute Gasteiger partial charge is 0.481 e. The van der Waals surface area contributed by atoms with E-state index in [4.69, 9.17) is 5.73 Å². The van der Waals surface area contributed by atoms with Crippen LogP contribution in [0.1, 0.15) is 96.8 Å². The summed E-state index contributed by atoms with van der Waals surface area (Å²) in [6.45, 7) is 3.22. The molecule has 43 heavy (non-hydrogen) atoms. The molecule has 0 bridgehead atoms. The number of hydrogen-bond acceptors (Lipinski definition) is 8. The van der Waals surface area contributed by atoms with Gasteiger partial charge in [0.05, 0.1) is 35.7 Å². The van der Waals surface area contributed by atoms with Crippen LogP contribution in [0.15, 0.2) is 35.7 Å². The lowest BCUT2D eigenvalue weighted by molar-refractivity contribution is -0.148. The van der Waals surface area contributed by atoms with Gasteiger partial charge in [0.15, 0.2) is 0 Å². The standard InChI is InChI=1S/C34H59N3O6/c1-3-4-6-9-23-12-13-26(29(38)17-23)10-7-5-8-11-28(33(41)42)30(39)20-27(22-36-2)34(43)21-25(18-31(34)40)16-24-14-15-37-32(35)19-24/h12-14,19,23,25-31,36-40,43H,3-11,15-18,20-22,35H2,1-2H3,(H,41,42)/t23-,25-,26-,27+,28+,29-,30-,31-,34-/m1/s1. The third-order valence-electron chi connectivity index (χ3n) is 10.2. The average Bonchev–Trinajstić information content (AvgIpc) is 3.24. The monoisotopic (exact) mass is 605 g/mol. The Morgan fingerprint density at radius 2 is 1.91 bits per heavy atom. The van der Waals surface area contributed by atoms with Crippen molar-refractivity contribution in [3.63, 3.8) is 0 Å². The van der Waals surface area contributed by atoms with Crippen LogP contribution in [0.3, 0.4) is 0 Å². The van der Waals surface area contributed by atoms with Crippen molar-refractivity contribution in [3.8, 4) is 0 Å². The summed E-state index contributed by atoms with van der Waals surface area (Å²) in [5.74, 6) is -1.17. The van der Waals surface area contributed by atoms with Crippen molar-refractivity contribution >= 4 is 5.97 Å². The Balaban J connectivity index is 1.48. The predicted octanol–water partition coefficient (Wildman–Crippen LogP) is 3.58. The normalized spacial score (nSPS) is 31.2.